The van der Waals surface area contributed by atoms with Crippen LogP contribution in [0.2, 0.25) is 0 Å². The van der Waals surface area contributed by atoms with Gasteiger partial charge in [-0.05, 0) is 38.5 Å². The monoisotopic (exact) mass is 537 g/mol. The minimum Gasteiger partial charge on any atom is -1.00 e. The summed E-state index contributed by atoms with van der Waals surface area (Å²) in [5.41, 5.74) is 0. The summed E-state index contributed by atoms with van der Waals surface area (Å²) in [5, 5.41) is 6.79. The van der Waals surface area contributed by atoms with E-state index in [9.17, 15) is 0 Å². The van der Waals surface area contributed by atoms with Crippen LogP contribution in [0.5, 0.6) is 0 Å². The number of nitrogens with two attached hydrogens (primary N) is 3. The Bertz CT molecular complexity index is 187. The van der Waals surface area contributed by atoms with Crippen LogP contribution in [0, 0.1) is 0 Å². The molecule has 0 spiro atoms. The third kappa shape index (κ3) is 65.5. The highest BCUT2D eigenvalue weighted by atomic mass is 35.5. The first-order valence-electron chi connectivity index (χ1n) is 14.1. The normalized spacial score (nSPS) is 9.27. The van der Waals surface area contributed by atoms with Crippen LogP contribution in [0.3, 0.4) is 0 Å². The van der Waals surface area contributed by atoms with Gasteiger partial charge >= 0.3 is 0 Å². The summed E-state index contributed by atoms with van der Waals surface area (Å²) in [6.07, 6.45) is 25.5. The van der Waals surface area contributed by atoms with Crippen molar-refractivity contribution in [2.24, 2.45) is 0 Å². The van der Waals surface area contributed by atoms with Gasteiger partial charge in [-0.15, -0.1) is 0 Å². The van der Waals surface area contributed by atoms with Crippen LogP contribution in [-0.4, -0.2) is 40.8 Å². The van der Waals surface area contributed by atoms with Gasteiger partial charge in [0.25, 0.3) is 0 Å². The van der Waals surface area contributed by atoms with Crippen molar-refractivity contribution in [3.63, 3.8) is 0 Å². The Kier molecular flexibility index (Phi) is 76.8. The summed E-state index contributed by atoms with van der Waals surface area (Å²) >= 11 is 0. The van der Waals surface area contributed by atoms with Crippen molar-refractivity contribution in [1.29, 1.82) is 0 Å². The van der Waals surface area contributed by atoms with Crippen LogP contribution < -0.4 is 53.2 Å². The van der Waals surface area contributed by atoms with Crippen molar-refractivity contribution < 1.29 is 53.2 Å². The minimum atomic E-state index is 0. The summed E-state index contributed by atoms with van der Waals surface area (Å²) < 4.78 is 0. The zero-order valence-electron chi connectivity index (χ0n) is 23.7. The van der Waals surface area contributed by atoms with Crippen LogP contribution in [-0.2, 0) is 0 Å². The molecule has 0 heterocycles. The molecule has 0 saturated heterocycles. The molecule has 0 aromatic rings. The fourth-order valence-corrected chi connectivity index (χ4v) is 3.39. The Hall–Kier alpha value is 0.750. The molecule has 0 aromatic heterocycles. The first-order valence-corrected chi connectivity index (χ1v) is 14.1. The molecule has 0 unspecified atom stereocenters. The maximum atomic E-state index is 2.26. The molecular weight excluding hydrogens is 473 g/mol. The highest BCUT2D eigenvalue weighted by molar-refractivity contribution is 4.43. The Balaban J connectivity index is -0.0000000792. The summed E-state index contributed by atoms with van der Waals surface area (Å²) in [7, 11) is 6.43. The number of unbranched alkanes of at least 4 members (excludes halogenated alkanes) is 15. The van der Waals surface area contributed by atoms with Crippen LogP contribution >= 0.6 is 0 Å². The second-order valence-electron chi connectivity index (χ2n) is 8.89. The van der Waals surface area contributed by atoms with Crippen molar-refractivity contribution in [3.05, 3.63) is 0 Å². The number of hydrogen-bond donors (Lipinski definition) is 3. The number of quaternary nitrogens is 3. The second kappa shape index (κ2) is 53.9. The molecule has 0 aliphatic heterocycles. The quantitative estimate of drug-likeness (QED) is 0.124. The van der Waals surface area contributed by atoms with Gasteiger partial charge in [0.15, 0.2) is 0 Å². The van der Waals surface area contributed by atoms with Gasteiger partial charge in [-0.2, -0.15) is 0 Å². The topological polar surface area (TPSA) is 49.8 Å². The molecule has 0 atom stereocenters. The lowest BCUT2D eigenvalue weighted by atomic mass is 10.1. The fourth-order valence-electron chi connectivity index (χ4n) is 3.39. The number of halogens is 3. The van der Waals surface area contributed by atoms with E-state index in [0.717, 1.165) is 0 Å². The number of rotatable bonds is 21. The highest BCUT2D eigenvalue weighted by Gasteiger charge is 1.90. The van der Waals surface area contributed by atoms with Crippen molar-refractivity contribution >= 4 is 0 Å². The lowest BCUT2D eigenvalue weighted by Crippen LogP contribution is -3.00. The molecule has 3 nitrogen and oxygen atoms in total. The van der Waals surface area contributed by atoms with Gasteiger partial charge in [0.1, 0.15) is 0 Å². The van der Waals surface area contributed by atoms with E-state index in [0.29, 0.717) is 0 Å². The molecule has 0 fully saturated rings. The van der Waals surface area contributed by atoms with E-state index in [1.807, 2.05) is 0 Å². The lowest BCUT2D eigenvalue weighted by molar-refractivity contribution is -0.627. The maximum Gasteiger partial charge on any atom is 0.0753 e. The van der Waals surface area contributed by atoms with E-state index < -0.39 is 0 Å². The van der Waals surface area contributed by atoms with Gasteiger partial charge in [0.05, 0.1) is 40.8 Å². The van der Waals surface area contributed by atoms with E-state index in [2.05, 4.69) is 57.9 Å². The predicted octanol–water partition coefficient (Wildman–Crippen LogP) is -4.37. The predicted molar refractivity (Wildman–Crippen MR) is 138 cm³/mol. The van der Waals surface area contributed by atoms with Crippen LogP contribution in [0.1, 0.15) is 136 Å². The molecular formula is C27H66Cl3N3. The van der Waals surface area contributed by atoms with E-state index in [4.69, 9.17) is 0 Å². The molecule has 0 rings (SSSR count). The average Bonchev–Trinajstić information content (AvgIpc) is 2.77. The van der Waals surface area contributed by atoms with E-state index in [1.165, 1.54) is 135 Å². The van der Waals surface area contributed by atoms with Crippen molar-refractivity contribution in [3.8, 4) is 0 Å². The molecule has 0 bridgehead atoms. The van der Waals surface area contributed by atoms with E-state index in [1.54, 1.807) is 0 Å². The molecule has 0 aliphatic carbocycles. The van der Waals surface area contributed by atoms with Crippen molar-refractivity contribution in [2.45, 2.75) is 136 Å². The molecule has 0 aromatic carbocycles. The summed E-state index contributed by atoms with van der Waals surface area (Å²) in [4.78, 5) is 0. The fraction of sp³-hybridized carbons (Fsp3) is 1.00. The Morgan fingerprint density at radius 3 is 0.667 bits per heavy atom. The molecule has 33 heavy (non-hydrogen) atoms. The van der Waals surface area contributed by atoms with Crippen LogP contribution in [0.15, 0.2) is 0 Å². The van der Waals surface area contributed by atoms with Gasteiger partial charge in [-0.25, -0.2) is 0 Å². The SMILES string of the molecule is CCCCCCCC[NH2+]C.CCCCCCCC[NH2+]C.CCCCCCCC[NH2+]C.[Cl-].[Cl-].[Cl-]. The zero-order valence-corrected chi connectivity index (χ0v) is 26.0. The lowest BCUT2D eigenvalue weighted by Gasteiger charge is -1.97. The van der Waals surface area contributed by atoms with Crippen molar-refractivity contribution in [1.82, 2.24) is 0 Å². The standard InChI is InChI=1S/3C9H21N.3ClH/c3*1-3-4-5-6-7-8-9-10-2;;;/h3*10H,3-9H2,1-2H3;3*1H. The van der Waals surface area contributed by atoms with Crippen LogP contribution in [0.25, 0.3) is 0 Å². The molecule has 0 saturated carbocycles. The molecule has 0 radical (unpaired) electrons. The zero-order chi connectivity index (χ0) is 23.0. The first-order chi connectivity index (χ1) is 14.7. The summed E-state index contributed by atoms with van der Waals surface area (Å²) in [5.74, 6) is 0. The van der Waals surface area contributed by atoms with Crippen molar-refractivity contribution in [2.75, 3.05) is 40.8 Å². The molecule has 6 heteroatoms. The Morgan fingerprint density at radius 2 is 0.485 bits per heavy atom. The highest BCUT2D eigenvalue weighted by Crippen LogP contribution is 2.04. The Labute approximate surface area is 229 Å². The van der Waals surface area contributed by atoms with Gasteiger partial charge in [-0.1, -0.05) is 97.8 Å². The van der Waals surface area contributed by atoms with Gasteiger partial charge in [-0.3, -0.25) is 0 Å². The van der Waals surface area contributed by atoms with E-state index >= 15 is 0 Å². The first kappa shape index (κ1) is 47.0. The molecule has 0 aliphatic rings. The molecule has 0 amide bonds. The third-order valence-electron chi connectivity index (χ3n) is 5.54. The summed E-state index contributed by atoms with van der Waals surface area (Å²) in [6.45, 7) is 10.7. The van der Waals surface area contributed by atoms with Gasteiger partial charge in [0, 0.05) is 0 Å². The Morgan fingerprint density at radius 1 is 0.303 bits per heavy atom. The largest absolute Gasteiger partial charge is 1.00 e. The van der Waals surface area contributed by atoms with Crippen LogP contribution in [0.4, 0.5) is 0 Å². The average molecular weight is 539 g/mol. The van der Waals surface area contributed by atoms with Gasteiger partial charge in [0.2, 0.25) is 0 Å². The maximum absolute atomic E-state index is 2.26. The minimum absolute atomic E-state index is 0. The van der Waals surface area contributed by atoms with Gasteiger partial charge < -0.3 is 53.2 Å². The summed E-state index contributed by atoms with van der Waals surface area (Å²) in [6, 6.07) is 0. The second-order valence-corrected chi connectivity index (χ2v) is 8.89. The molecule has 6 N–H and O–H groups in total. The smallest absolute Gasteiger partial charge is 0.0753 e. The van der Waals surface area contributed by atoms with E-state index in [-0.39, 0.29) is 37.2 Å². The molecule has 210 valence electrons. The number of hydrogen-bond acceptors (Lipinski definition) is 0. The third-order valence-corrected chi connectivity index (χ3v) is 5.54.